The van der Waals surface area contributed by atoms with Gasteiger partial charge in [-0.2, -0.15) is 15.1 Å². The Kier molecular flexibility index (Phi) is 6.02. The van der Waals surface area contributed by atoms with E-state index < -0.39 is 0 Å². The molecular weight excluding hydrogens is 424 g/mol. The molecule has 0 aliphatic rings. The van der Waals surface area contributed by atoms with Crippen LogP contribution in [-0.2, 0) is 16.1 Å². The maximum atomic E-state index is 11.9. The molecule has 0 aliphatic carbocycles. The zero-order valence-electron chi connectivity index (χ0n) is 18.1. The molecule has 3 aromatic heterocycles. The molecule has 0 spiro atoms. The molecule has 0 bridgehead atoms. The minimum absolute atomic E-state index is 0.0732. The number of ether oxygens (including phenoxy) is 1. The van der Waals surface area contributed by atoms with Crippen molar-refractivity contribution in [2.45, 2.75) is 6.54 Å². The number of aromatic amines is 1. The molecule has 0 saturated carbocycles. The Balaban J connectivity index is 1.56. The summed E-state index contributed by atoms with van der Waals surface area (Å²) in [6, 6.07) is 8.74. The van der Waals surface area contributed by atoms with Crippen molar-refractivity contribution in [3.63, 3.8) is 0 Å². The number of hydrogen-bond acceptors (Lipinski definition) is 7. The minimum Gasteiger partial charge on any atom is -0.438 e. The lowest BCUT2D eigenvalue weighted by Crippen LogP contribution is -2.26. The molecule has 11 nitrogen and oxygen atoms in total. The van der Waals surface area contributed by atoms with Crippen LogP contribution < -0.4 is 15.4 Å². The number of fused-ring (bicyclic) bond motifs is 1. The van der Waals surface area contributed by atoms with Crippen LogP contribution in [0.4, 0.5) is 17.3 Å². The number of nitrogens with zero attached hydrogens (tertiary/aromatic N) is 5. The average molecular weight is 446 g/mol. The van der Waals surface area contributed by atoms with Crippen molar-refractivity contribution in [2.24, 2.45) is 0 Å². The van der Waals surface area contributed by atoms with E-state index in [9.17, 15) is 9.59 Å². The first-order chi connectivity index (χ1) is 15.9. The Morgan fingerprint density at radius 3 is 2.88 bits per heavy atom. The lowest BCUT2D eigenvalue weighted by molar-refractivity contribution is -0.129. The van der Waals surface area contributed by atoms with Gasteiger partial charge in [0.05, 0.1) is 17.3 Å². The van der Waals surface area contributed by atoms with Crippen molar-refractivity contribution in [1.82, 2.24) is 29.6 Å². The van der Waals surface area contributed by atoms with Gasteiger partial charge in [-0.1, -0.05) is 12.6 Å². The monoisotopic (exact) mass is 446 g/mol. The summed E-state index contributed by atoms with van der Waals surface area (Å²) in [6.07, 6.45) is 6.20. The summed E-state index contributed by atoms with van der Waals surface area (Å²) in [4.78, 5) is 37.0. The van der Waals surface area contributed by atoms with E-state index in [4.69, 9.17) is 4.74 Å². The predicted molar refractivity (Wildman–Crippen MR) is 123 cm³/mol. The van der Waals surface area contributed by atoms with Gasteiger partial charge in [-0.15, -0.1) is 0 Å². The maximum absolute atomic E-state index is 11.9. The first-order valence-corrected chi connectivity index (χ1v) is 9.97. The van der Waals surface area contributed by atoms with E-state index in [2.05, 4.69) is 37.3 Å². The number of H-pyrrole nitrogens is 1. The van der Waals surface area contributed by atoms with Gasteiger partial charge in [0.15, 0.2) is 0 Å². The van der Waals surface area contributed by atoms with Crippen molar-refractivity contribution in [2.75, 3.05) is 24.7 Å². The summed E-state index contributed by atoms with van der Waals surface area (Å²) >= 11 is 0. The first kappa shape index (κ1) is 21.6. The third-order valence-electron chi connectivity index (χ3n) is 4.57. The predicted octanol–water partition coefficient (Wildman–Crippen LogP) is 2.90. The van der Waals surface area contributed by atoms with Crippen LogP contribution in [0.1, 0.15) is 0 Å². The van der Waals surface area contributed by atoms with Crippen LogP contribution in [0.3, 0.4) is 0 Å². The summed E-state index contributed by atoms with van der Waals surface area (Å²) in [7, 11) is 3.38. The summed E-state index contributed by atoms with van der Waals surface area (Å²) in [5, 5.41) is 10.6. The van der Waals surface area contributed by atoms with Gasteiger partial charge >= 0.3 is 0 Å². The summed E-state index contributed by atoms with van der Waals surface area (Å²) < 4.78 is 7.54. The second-order valence-electron chi connectivity index (χ2n) is 7.26. The van der Waals surface area contributed by atoms with Crippen LogP contribution in [0.15, 0.2) is 61.6 Å². The van der Waals surface area contributed by atoms with E-state index in [0.717, 1.165) is 0 Å². The molecule has 0 atom stereocenters. The Hall–Kier alpha value is -4.67. The number of carbonyl (C=O) groups is 2. The highest BCUT2D eigenvalue weighted by molar-refractivity contribution is 5.99. The molecule has 168 valence electrons. The van der Waals surface area contributed by atoms with E-state index in [1.807, 2.05) is 6.07 Å². The molecule has 2 amide bonds. The fourth-order valence-electron chi connectivity index (χ4n) is 2.91. The van der Waals surface area contributed by atoms with Crippen molar-refractivity contribution in [3.8, 4) is 11.6 Å². The minimum atomic E-state index is -0.318. The second kappa shape index (κ2) is 9.22. The van der Waals surface area contributed by atoms with Gasteiger partial charge in [0.1, 0.15) is 17.9 Å². The highest BCUT2D eigenvalue weighted by Crippen LogP contribution is 2.30. The largest absolute Gasteiger partial charge is 0.438 e. The molecule has 4 aromatic rings. The highest BCUT2D eigenvalue weighted by atomic mass is 16.5. The van der Waals surface area contributed by atoms with Gasteiger partial charge in [-0.05, 0) is 24.3 Å². The molecule has 3 N–H and O–H groups in total. The molecule has 0 unspecified atom stereocenters. The Labute approximate surface area is 189 Å². The number of likely N-dealkylation sites (N-methyl/N-ethyl adjacent to an activating group) is 1. The van der Waals surface area contributed by atoms with Crippen LogP contribution in [0.25, 0.3) is 11.0 Å². The Morgan fingerprint density at radius 1 is 1.24 bits per heavy atom. The Bertz CT molecular complexity index is 1320. The van der Waals surface area contributed by atoms with E-state index in [0.29, 0.717) is 34.0 Å². The number of aromatic nitrogens is 5. The van der Waals surface area contributed by atoms with E-state index >= 15 is 0 Å². The zero-order valence-corrected chi connectivity index (χ0v) is 18.1. The number of amides is 2. The van der Waals surface area contributed by atoms with E-state index in [1.165, 1.54) is 15.7 Å². The van der Waals surface area contributed by atoms with Gasteiger partial charge in [-0.25, -0.2) is 0 Å². The first-order valence-electron chi connectivity index (χ1n) is 9.97. The average Bonchev–Trinajstić information content (AvgIpc) is 3.43. The summed E-state index contributed by atoms with van der Waals surface area (Å²) in [5.41, 5.74) is 1.76. The van der Waals surface area contributed by atoms with E-state index in [-0.39, 0.29) is 24.3 Å². The number of anilines is 3. The molecule has 0 saturated heterocycles. The van der Waals surface area contributed by atoms with Crippen molar-refractivity contribution in [3.05, 3.63) is 61.6 Å². The summed E-state index contributed by atoms with van der Waals surface area (Å²) in [6.45, 7) is 3.57. The Morgan fingerprint density at radius 2 is 2.09 bits per heavy atom. The fourth-order valence-corrected chi connectivity index (χ4v) is 2.91. The normalized spacial score (nSPS) is 10.6. The molecule has 3 heterocycles. The fraction of sp³-hybridized carbons (Fsp3) is 0.136. The van der Waals surface area contributed by atoms with Gasteiger partial charge in [0.25, 0.3) is 0 Å². The summed E-state index contributed by atoms with van der Waals surface area (Å²) in [5.74, 6) is 0.706. The molecular formula is C22H22N8O3. The SMILES string of the molecule is C=CC(=O)Nc1cccc(Oc2nc(Nc3cnn(CC(=O)N(C)C)c3)nc3[nH]ccc23)c1. The van der Waals surface area contributed by atoms with Crippen molar-refractivity contribution < 1.29 is 14.3 Å². The molecule has 0 radical (unpaired) electrons. The number of nitrogens with one attached hydrogen (secondary N) is 3. The second-order valence-corrected chi connectivity index (χ2v) is 7.26. The molecule has 33 heavy (non-hydrogen) atoms. The maximum Gasteiger partial charge on any atom is 0.247 e. The third kappa shape index (κ3) is 5.15. The van der Waals surface area contributed by atoms with Gasteiger partial charge in [0.2, 0.25) is 23.6 Å². The third-order valence-corrected chi connectivity index (χ3v) is 4.57. The van der Waals surface area contributed by atoms with Crippen LogP contribution >= 0.6 is 0 Å². The van der Waals surface area contributed by atoms with Crippen LogP contribution in [-0.4, -0.2) is 55.5 Å². The van der Waals surface area contributed by atoms with Crippen LogP contribution in [0.5, 0.6) is 11.6 Å². The smallest absolute Gasteiger partial charge is 0.247 e. The van der Waals surface area contributed by atoms with Crippen LogP contribution in [0, 0.1) is 0 Å². The number of carbonyl (C=O) groups excluding carboxylic acids is 2. The van der Waals surface area contributed by atoms with Gasteiger partial charge < -0.3 is 25.3 Å². The van der Waals surface area contributed by atoms with Gasteiger partial charge in [-0.3, -0.25) is 14.3 Å². The number of hydrogen-bond donors (Lipinski definition) is 3. The van der Waals surface area contributed by atoms with Crippen LogP contribution in [0.2, 0.25) is 0 Å². The molecule has 0 fully saturated rings. The number of benzene rings is 1. The van der Waals surface area contributed by atoms with Gasteiger partial charge in [0, 0.05) is 38.2 Å². The topological polar surface area (TPSA) is 130 Å². The van der Waals surface area contributed by atoms with E-state index in [1.54, 1.807) is 57.0 Å². The highest BCUT2D eigenvalue weighted by Gasteiger charge is 2.13. The molecule has 1 aromatic carbocycles. The quantitative estimate of drug-likeness (QED) is 0.355. The zero-order chi connectivity index (χ0) is 23.4. The molecule has 4 rings (SSSR count). The standard InChI is InChI=1S/C22H22N8O3/c1-4-18(31)25-14-6-5-7-16(10-14)33-21-17-8-9-23-20(17)27-22(28-21)26-15-11-24-30(12-15)13-19(32)29(2)3/h4-12H,1,13H2,2-3H3,(H,25,31)(H2,23,26,27,28). The number of rotatable bonds is 8. The lowest BCUT2D eigenvalue weighted by Gasteiger charge is -2.10. The lowest BCUT2D eigenvalue weighted by atomic mass is 10.3. The molecule has 11 heteroatoms. The molecule has 0 aliphatic heterocycles. The van der Waals surface area contributed by atoms with Crippen molar-refractivity contribution in [1.29, 1.82) is 0 Å². The van der Waals surface area contributed by atoms with Crippen molar-refractivity contribution >= 4 is 40.2 Å².